The minimum absolute atomic E-state index is 0.0512. The van der Waals surface area contributed by atoms with Gasteiger partial charge in [0, 0.05) is 0 Å². The smallest absolute Gasteiger partial charge is 0.262 e. The molecule has 1 heterocycles. The largest absolute Gasteiger partial charge is 0.286 e. The fourth-order valence-electron chi connectivity index (χ4n) is 3.51. The number of rotatable bonds is 8. The molecule has 0 unspecified atom stereocenters. The lowest BCUT2D eigenvalue weighted by molar-refractivity contribution is -0.155. The summed E-state index contributed by atoms with van der Waals surface area (Å²) in [5.41, 5.74) is 6.56. The van der Waals surface area contributed by atoms with E-state index >= 15 is 0 Å². The van der Waals surface area contributed by atoms with Gasteiger partial charge in [-0.3, -0.25) is 25.6 Å². The van der Waals surface area contributed by atoms with E-state index < -0.39 is 5.92 Å². The molecule has 2 amide bonds. The third-order valence-electron chi connectivity index (χ3n) is 4.90. The van der Waals surface area contributed by atoms with Gasteiger partial charge < -0.3 is 0 Å². The zero-order chi connectivity index (χ0) is 19.1. The van der Waals surface area contributed by atoms with Gasteiger partial charge in [-0.2, -0.15) is 0 Å². The number of aromatic nitrogens is 3. The third kappa shape index (κ3) is 5.33. The number of hydrazine groups is 1. The molecule has 9 heteroatoms. The summed E-state index contributed by atoms with van der Waals surface area (Å²) in [5, 5.41) is 18.0. The predicted molar refractivity (Wildman–Crippen MR) is 98.3 cm³/mol. The van der Waals surface area contributed by atoms with Crippen LogP contribution in [0.4, 0.5) is 5.95 Å². The van der Waals surface area contributed by atoms with Crippen molar-refractivity contribution in [3.63, 3.8) is 0 Å². The highest BCUT2D eigenvalue weighted by Gasteiger charge is 2.26. The zero-order valence-electron chi connectivity index (χ0n) is 15.0. The second-order valence-electron chi connectivity index (χ2n) is 6.90. The van der Waals surface area contributed by atoms with Gasteiger partial charge in [-0.15, -0.1) is 10.2 Å². The summed E-state index contributed by atoms with van der Waals surface area (Å²) in [5.74, 6) is -0.245. The first-order valence-electron chi connectivity index (χ1n) is 9.22. The Morgan fingerprint density at radius 3 is 2.70 bits per heavy atom. The van der Waals surface area contributed by atoms with Crippen LogP contribution in [-0.2, 0) is 9.59 Å². The molecule has 0 radical (unpaired) electrons. The maximum atomic E-state index is 12.6. The number of hydrogen-bond acceptors (Lipinski definition) is 7. The minimum atomic E-state index is -0.524. The molecule has 1 aliphatic carbocycles. The summed E-state index contributed by atoms with van der Waals surface area (Å²) in [6.07, 6.45) is 6.61. The number of fused-ring (bicyclic) bond motifs is 1. The normalized spacial score (nSPS) is 15.9. The van der Waals surface area contributed by atoms with Gasteiger partial charge >= 0.3 is 0 Å². The van der Waals surface area contributed by atoms with Gasteiger partial charge in [0.1, 0.15) is 5.52 Å². The van der Waals surface area contributed by atoms with Crippen molar-refractivity contribution >= 4 is 29.3 Å². The topological polar surface area (TPSA) is 120 Å². The molecule has 1 atom stereocenters. The van der Waals surface area contributed by atoms with Crippen molar-refractivity contribution in [2.24, 2.45) is 11.8 Å². The number of anilines is 1. The summed E-state index contributed by atoms with van der Waals surface area (Å²) in [6.45, 7) is -0.0512. The Morgan fingerprint density at radius 1 is 1.22 bits per heavy atom. The molecule has 144 valence electrons. The summed E-state index contributed by atoms with van der Waals surface area (Å²) < 4.78 is 0. The van der Waals surface area contributed by atoms with E-state index in [1.54, 1.807) is 12.1 Å². The Morgan fingerprint density at radius 2 is 1.96 bits per heavy atom. The molecule has 0 bridgehead atoms. The first-order chi connectivity index (χ1) is 13.2. The average Bonchev–Trinajstić information content (AvgIpc) is 2.72. The van der Waals surface area contributed by atoms with Gasteiger partial charge in [-0.05, 0) is 24.5 Å². The molecule has 9 nitrogen and oxygen atoms in total. The summed E-state index contributed by atoms with van der Waals surface area (Å²) >= 11 is 0. The van der Waals surface area contributed by atoms with Crippen LogP contribution in [0.25, 0.3) is 11.0 Å². The Labute approximate surface area is 157 Å². The van der Waals surface area contributed by atoms with Crippen molar-refractivity contribution in [2.75, 3.05) is 12.0 Å². The number of para-hydroxylation sites is 1. The summed E-state index contributed by atoms with van der Waals surface area (Å²) in [7, 11) is 0. The van der Waals surface area contributed by atoms with E-state index in [0.717, 1.165) is 25.7 Å². The quantitative estimate of drug-likeness (QED) is 0.368. The number of hydrogen-bond donors (Lipinski definition) is 3. The van der Waals surface area contributed by atoms with Crippen LogP contribution < -0.4 is 10.9 Å². The van der Waals surface area contributed by atoms with E-state index in [-0.39, 0.29) is 18.4 Å². The molecule has 0 spiro atoms. The fraction of sp³-hybridized carbons (Fsp3) is 0.500. The maximum Gasteiger partial charge on any atom is 0.262 e. The molecule has 1 saturated carbocycles. The van der Waals surface area contributed by atoms with Crippen LogP contribution in [0.2, 0.25) is 0 Å². The van der Waals surface area contributed by atoms with Crippen molar-refractivity contribution in [1.29, 1.82) is 0 Å². The van der Waals surface area contributed by atoms with Gasteiger partial charge in [-0.25, -0.2) is 10.0 Å². The van der Waals surface area contributed by atoms with Crippen molar-refractivity contribution in [3.05, 3.63) is 24.3 Å². The SMILES string of the molecule is O=CN(O)C[C@@H](CC1CCCCC1)C(=O)NNc1nnc2ccccc2n1. The molecule has 0 aliphatic heterocycles. The summed E-state index contributed by atoms with van der Waals surface area (Å²) in [6, 6.07) is 7.29. The molecule has 1 fully saturated rings. The van der Waals surface area contributed by atoms with Gasteiger partial charge in [-0.1, -0.05) is 44.2 Å². The van der Waals surface area contributed by atoms with Crippen LogP contribution in [0.15, 0.2) is 24.3 Å². The standard InChI is InChI=1S/C18H24N6O3/c25-12-24(27)11-14(10-13-6-2-1-3-7-13)17(26)21-23-18-19-15-8-4-5-9-16(15)20-22-18/h4-5,8-9,12-14,27H,1-3,6-7,10-11H2,(H,21,26)(H,19,22,23)/t14-/m1/s1. The van der Waals surface area contributed by atoms with E-state index in [0.29, 0.717) is 34.8 Å². The Bertz CT molecular complexity index is 781. The minimum Gasteiger partial charge on any atom is -0.286 e. The van der Waals surface area contributed by atoms with Crippen molar-refractivity contribution in [1.82, 2.24) is 25.7 Å². The number of carbonyl (C=O) groups is 2. The van der Waals surface area contributed by atoms with Gasteiger partial charge in [0.2, 0.25) is 12.3 Å². The highest BCUT2D eigenvalue weighted by atomic mass is 16.5. The van der Waals surface area contributed by atoms with Crippen molar-refractivity contribution in [2.45, 2.75) is 38.5 Å². The highest BCUT2D eigenvalue weighted by Crippen LogP contribution is 2.29. The Balaban J connectivity index is 1.62. The molecular formula is C18H24N6O3. The fourth-order valence-corrected chi connectivity index (χ4v) is 3.51. The van der Waals surface area contributed by atoms with Gasteiger partial charge in [0.15, 0.2) is 0 Å². The summed E-state index contributed by atoms with van der Waals surface area (Å²) in [4.78, 5) is 27.6. The lowest BCUT2D eigenvalue weighted by Gasteiger charge is -2.27. The van der Waals surface area contributed by atoms with Crippen LogP contribution in [0.1, 0.15) is 38.5 Å². The number of nitrogens with one attached hydrogen (secondary N) is 2. The van der Waals surface area contributed by atoms with Crippen LogP contribution in [0.5, 0.6) is 0 Å². The van der Waals surface area contributed by atoms with Gasteiger partial charge in [0.05, 0.1) is 18.0 Å². The number of carbonyl (C=O) groups excluding carboxylic acids is 2. The Hall–Kier alpha value is -2.81. The second-order valence-corrected chi connectivity index (χ2v) is 6.90. The molecule has 1 aromatic heterocycles. The first-order valence-corrected chi connectivity index (χ1v) is 9.22. The number of nitrogens with zero attached hydrogens (tertiary/aromatic N) is 4. The lowest BCUT2D eigenvalue weighted by Crippen LogP contribution is -2.41. The lowest BCUT2D eigenvalue weighted by atomic mass is 9.82. The molecule has 0 saturated heterocycles. The Kier molecular flexibility index (Phi) is 6.48. The van der Waals surface area contributed by atoms with E-state index in [2.05, 4.69) is 26.0 Å². The van der Waals surface area contributed by atoms with Gasteiger partial charge in [0.25, 0.3) is 5.95 Å². The zero-order valence-corrected chi connectivity index (χ0v) is 15.0. The predicted octanol–water partition coefficient (Wildman–Crippen LogP) is 1.90. The number of amides is 2. The monoisotopic (exact) mass is 372 g/mol. The second kappa shape index (κ2) is 9.22. The van der Waals surface area contributed by atoms with E-state index in [1.807, 2.05) is 12.1 Å². The number of hydroxylamine groups is 2. The molecular weight excluding hydrogens is 348 g/mol. The average molecular weight is 372 g/mol. The molecule has 3 N–H and O–H groups in total. The van der Waals surface area contributed by atoms with Crippen molar-refractivity contribution in [3.8, 4) is 0 Å². The highest BCUT2D eigenvalue weighted by molar-refractivity contribution is 5.80. The number of benzene rings is 1. The molecule has 3 rings (SSSR count). The molecule has 27 heavy (non-hydrogen) atoms. The third-order valence-corrected chi connectivity index (χ3v) is 4.90. The van der Waals surface area contributed by atoms with Crippen LogP contribution >= 0.6 is 0 Å². The van der Waals surface area contributed by atoms with Crippen LogP contribution in [0, 0.1) is 11.8 Å². The van der Waals surface area contributed by atoms with Crippen molar-refractivity contribution < 1.29 is 14.8 Å². The maximum absolute atomic E-state index is 12.6. The van der Waals surface area contributed by atoms with E-state index in [1.165, 1.54) is 6.42 Å². The van der Waals surface area contributed by atoms with Crippen LogP contribution in [-0.4, -0.2) is 44.3 Å². The van der Waals surface area contributed by atoms with E-state index in [9.17, 15) is 14.8 Å². The molecule has 1 aromatic carbocycles. The molecule has 1 aliphatic rings. The van der Waals surface area contributed by atoms with Crippen LogP contribution in [0.3, 0.4) is 0 Å². The first kappa shape index (κ1) is 19.0. The van der Waals surface area contributed by atoms with E-state index in [4.69, 9.17) is 0 Å². The molecule has 2 aromatic rings.